The third-order valence-corrected chi connectivity index (χ3v) is 7.89. The largest absolute Gasteiger partial charge is 0.376 e. The summed E-state index contributed by atoms with van der Waals surface area (Å²) in [6.45, 7) is 0. The summed E-state index contributed by atoms with van der Waals surface area (Å²) in [5.74, 6) is 0.363. The van der Waals surface area contributed by atoms with Gasteiger partial charge in [-0.3, -0.25) is 0 Å². The summed E-state index contributed by atoms with van der Waals surface area (Å²) in [7, 11) is 0. The number of nitrogens with one attached hydrogen (secondary N) is 1. The van der Waals surface area contributed by atoms with Crippen LogP contribution in [0.4, 0.5) is 5.69 Å². The highest BCUT2D eigenvalue weighted by Crippen LogP contribution is 2.46. The van der Waals surface area contributed by atoms with Gasteiger partial charge in [0.25, 0.3) is 0 Å². The molecule has 0 saturated carbocycles. The first-order chi connectivity index (χ1) is 18.8. The predicted molar refractivity (Wildman–Crippen MR) is 158 cm³/mol. The summed E-state index contributed by atoms with van der Waals surface area (Å²) in [4.78, 5) is 5.03. The fourth-order valence-electron chi connectivity index (χ4n) is 6.15. The zero-order valence-electron chi connectivity index (χ0n) is 20.8. The van der Waals surface area contributed by atoms with Gasteiger partial charge in [-0.15, -0.1) is 0 Å². The highest BCUT2D eigenvalue weighted by molar-refractivity contribution is 6.14. The zero-order valence-corrected chi connectivity index (χ0v) is 20.8. The number of anilines is 1. The van der Waals surface area contributed by atoms with Crippen LogP contribution in [0.15, 0.2) is 133 Å². The average Bonchev–Trinajstić information content (AvgIpc) is 3.54. The quantitative estimate of drug-likeness (QED) is 0.271. The Labute approximate surface area is 221 Å². The topological polar surface area (TPSA) is 29.9 Å². The lowest BCUT2D eigenvalue weighted by Crippen LogP contribution is -2.17. The lowest BCUT2D eigenvalue weighted by Gasteiger charge is -2.15. The molecule has 0 saturated heterocycles. The highest BCUT2D eigenvalue weighted by atomic mass is 15.0. The molecule has 0 radical (unpaired) electrons. The van der Waals surface area contributed by atoms with Crippen molar-refractivity contribution in [3.63, 3.8) is 0 Å². The molecule has 0 spiro atoms. The van der Waals surface area contributed by atoms with Crippen LogP contribution in [0.1, 0.15) is 11.5 Å². The maximum Gasteiger partial charge on any atom is 0.0776 e. The van der Waals surface area contributed by atoms with Crippen LogP contribution >= 0.6 is 0 Å². The number of hydrogen-bond acceptors (Lipinski definition) is 2. The Bertz CT molecular complexity index is 1910. The molecule has 8 rings (SSSR count). The Hall–Kier alpha value is -4.89. The fraction of sp³-hybridized carbons (Fsp3) is 0.0571. The standard InChI is InChI=1S/C35H25N3/c1-2-10-23(11-3-1)30-17-9-18-31(36-30)24-12-8-13-25(22-24)38-33-19-7-5-15-27(33)29-21-20-28-26-14-4-6-16-32(26)37-34(28)35(29)38/h1-22,26,32,37H. The van der Waals surface area contributed by atoms with E-state index in [1.165, 1.54) is 33.1 Å². The normalized spacial score (nSPS) is 17.5. The van der Waals surface area contributed by atoms with E-state index in [2.05, 4.69) is 137 Å². The second-order valence-corrected chi connectivity index (χ2v) is 10.1. The molecule has 3 nitrogen and oxygen atoms in total. The first kappa shape index (κ1) is 21.2. The summed E-state index contributed by atoms with van der Waals surface area (Å²) >= 11 is 0. The molecule has 0 bridgehead atoms. The number of rotatable bonds is 3. The number of allylic oxidation sites excluding steroid dienone is 2. The van der Waals surface area contributed by atoms with E-state index in [-0.39, 0.29) is 0 Å². The van der Waals surface area contributed by atoms with Crippen LogP contribution in [0, 0.1) is 0 Å². The van der Waals surface area contributed by atoms with Crippen LogP contribution in [0.25, 0.3) is 50.0 Å². The van der Waals surface area contributed by atoms with E-state index in [1.807, 2.05) is 6.07 Å². The summed E-state index contributed by atoms with van der Waals surface area (Å²) in [5, 5.41) is 6.39. The summed E-state index contributed by atoms with van der Waals surface area (Å²) in [6, 6.07) is 39.0. The lowest BCUT2D eigenvalue weighted by molar-refractivity contribution is 0.805. The fourth-order valence-corrected chi connectivity index (χ4v) is 6.15. The van der Waals surface area contributed by atoms with E-state index in [0.29, 0.717) is 12.0 Å². The van der Waals surface area contributed by atoms with Crippen LogP contribution in [0.2, 0.25) is 0 Å². The smallest absolute Gasteiger partial charge is 0.0776 e. The number of nitrogens with zero attached hydrogens (tertiary/aromatic N) is 2. The van der Waals surface area contributed by atoms with Crippen LogP contribution in [0.3, 0.4) is 0 Å². The minimum absolute atomic E-state index is 0.295. The summed E-state index contributed by atoms with van der Waals surface area (Å²) < 4.78 is 2.42. The van der Waals surface area contributed by atoms with Gasteiger partial charge in [0.15, 0.2) is 0 Å². The Morgan fingerprint density at radius 3 is 2.32 bits per heavy atom. The van der Waals surface area contributed by atoms with Gasteiger partial charge in [0.2, 0.25) is 0 Å². The molecule has 4 aromatic carbocycles. The van der Waals surface area contributed by atoms with E-state index >= 15 is 0 Å². The monoisotopic (exact) mass is 487 g/mol. The molecule has 38 heavy (non-hydrogen) atoms. The van der Waals surface area contributed by atoms with Crippen LogP contribution in [-0.2, 0) is 0 Å². The first-order valence-corrected chi connectivity index (χ1v) is 13.2. The van der Waals surface area contributed by atoms with E-state index in [0.717, 1.165) is 28.2 Å². The third kappa shape index (κ3) is 3.18. The zero-order chi connectivity index (χ0) is 25.1. The molecule has 3 heteroatoms. The van der Waals surface area contributed by atoms with Gasteiger partial charge in [-0.05, 0) is 35.9 Å². The van der Waals surface area contributed by atoms with Crippen molar-refractivity contribution in [3.05, 3.63) is 139 Å². The van der Waals surface area contributed by atoms with Crippen LogP contribution < -0.4 is 5.32 Å². The maximum atomic E-state index is 5.03. The highest BCUT2D eigenvalue weighted by Gasteiger charge is 2.32. The molecule has 1 aliphatic heterocycles. The number of pyridine rings is 1. The van der Waals surface area contributed by atoms with Crippen molar-refractivity contribution >= 4 is 27.5 Å². The number of benzene rings is 4. The number of hydrogen-bond donors (Lipinski definition) is 1. The Balaban J connectivity index is 1.34. The van der Waals surface area contributed by atoms with Gasteiger partial charge in [-0.2, -0.15) is 0 Å². The molecular formula is C35H25N3. The minimum Gasteiger partial charge on any atom is -0.376 e. The van der Waals surface area contributed by atoms with E-state index in [9.17, 15) is 0 Å². The van der Waals surface area contributed by atoms with E-state index in [4.69, 9.17) is 4.98 Å². The average molecular weight is 488 g/mol. The molecule has 3 heterocycles. The second kappa shape index (κ2) is 8.32. The van der Waals surface area contributed by atoms with Crippen molar-refractivity contribution in [2.24, 2.45) is 0 Å². The SMILES string of the molecule is C1=CC2Nc3c(ccc4c5ccccc5n(-c5cccc(-c6cccc(-c7ccccc7)n6)c5)c34)C2C=C1. The van der Waals surface area contributed by atoms with Gasteiger partial charge in [0, 0.05) is 33.5 Å². The van der Waals surface area contributed by atoms with Crippen molar-refractivity contribution in [1.82, 2.24) is 9.55 Å². The second-order valence-electron chi connectivity index (χ2n) is 10.1. The van der Waals surface area contributed by atoms with Crippen LogP contribution in [0.5, 0.6) is 0 Å². The molecule has 2 unspecified atom stereocenters. The van der Waals surface area contributed by atoms with Gasteiger partial charge >= 0.3 is 0 Å². The van der Waals surface area contributed by atoms with E-state index < -0.39 is 0 Å². The van der Waals surface area contributed by atoms with Gasteiger partial charge in [0.05, 0.1) is 34.2 Å². The first-order valence-electron chi connectivity index (χ1n) is 13.2. The summed E-state index contributed by atoms with van der Waals surface area (Å²) in [6.07, 6.45) is 8.90. The van der Waals surface area contributed by atoms with Crippen molar-refractivity contribution in [1.29, 1.82) is 0 Å². The van der Waals surface area contributed by atoms with Crippen molar-refractivity contribution in [2.75, 3.05) is 5.32 Å². The molecule has 2 atom stereocenters. The van der Waals surface area contributed by atoms with E-state index in [1.54, 1.807) is 0 Å². The number of aromatic nitrogens is 2. The molecule has 2 aliphatic rings. The van der Waals surface area contributed by atoms with Gasteiger partial charge in [-0.25, -0.2) is 4.98 Å². The Morgan fingerprint density at radius 1 is 0.632 bits per heavy atom. The molecule has 0 fully saturated rings. The van der Waals surface area contributed by atoms with Crippen LogP contribution in [-0.4, -0.2) is 15.6 Å². The van der Waals surface area contributed by atoms with Crippen molar-refractivity contribution < 1.29 is 0 Å². The third-order valence-electron chi connectivity index (χ3n) is 7.89. The molecule has 2 aromatic heterocycles. The molecule has 1 N–H and O–H groups in total. The van der Waals surface area contributed by atoms with Gasteiger partial charge < -0.3 is 9.88 Å². The van der Waals surface area contributed by atoms with Gasteiger partial charge in [0.1, 0.15) is 0 Å². The molecular weight excluding hydrogens is 462 g/mol. The number of para-hydroxylation sites is 1. The van der Waals surface area contributed by atoms with Crippen molar-refractivity contribution in [2.45, 2.75) is 12.0 Å². The lowest BCUT2D eigenvalue weighted by atomic mass is 9.91. The Morgan fingerprint density at radius 2 is 1.39 bits per heavy atom. The van der Waals surface area contributed by atoms with Crippen molar-refractivity contribution in [3.8, 4) is 28.2 Å². The molecule has 1 aliphatic carbocycles. The summed E-state index contributed by atoms with van der Waals surface area (Å²) in [5.41, 5.74) is 10.4. The molecule has 0 amide bonds. The van der Waals surface area contributed by atoms with Gasteiger partial charge in [-0.1, -0.05) is 103 Å². The predicted octanol–water partition coefficient (Wildman–Crippen LogP) is 8.52. The minimum atomic E-state index is 0.295. The Kier molecular flexibility index (Phi) is 4.65. The maximum absolute atomic E-state index is 5.03. The molecule has 180 valence electrons. The molecule has 6 aromatic rings. The number of fused-ring (bicyclic) bond motifs is 7.